The molecule has 1 unspecified atom stereocenters. The van der Waals surface area contributed by atoms with Crippen LogP contribution < -0.4 is 5.32 Å². The Morgan fingerprint density at radius 3 is 2.74 bits per heavy atom. The van der Waals surface area contributed by atoms with Gasteiger partial charge in [0.25, 0.3) is 0 Å². The third-order valence-electron chi connectivity index (χ3n) is 5.51. The summed E-state index contributed by atoms with van der Waals surface area (Å²) in [6.07, 6.45) is 11.0. The predicted octanol–water partition coefficient (Wildman–Crippen LogP) is 4.62. The van der Waals surface area contributed by atoms with Gasteiger partial charge in [0.1, 0.15) is 0 Å². The summed E-state index contributed by atoms with van der Waals surface area (Å²) in [7, 11) is 0. The molecule has 2 aliphatic rings. The highest BCUT2D eigenvalue weighted by Crippen LogP contribution is 2.41. The Morgan fingerprint density at radius 1 is 1.16 bits per heavy atom. The van der Waals surface area contributed by atoms with E-state index in [0.717, 1.165) is 0 Å². The van der Waals surface area contributed by atoms with Crippen molar-refractivity contribution in [2.24, 2.45) is 5.41 Å². The lowest BCUT2D eigenvalue weighted by molar-refractivity contribution is 0.250. The maximum absolute atomic E-state index is 3.91. The zero-order chi connectivity index (χ0) is 13.1. The minimum atomic E-state index is 0.604. The Kier molecular flexibility index (Phi) is 3.93. The van der Waals surface area contributed by atoms with Crippen LogP contribution in [0, 0.1) is 5.41 Å². The van der Waals surface area contributed by atoms with Crippen molar-refractivity contribution in [3.63, 3.8) is 0 Å². The molecule has 0 amide bonds. The number of nitrogens with one attached hydrogen (secondary N) is 1. The van der Waals surface area contributed by atoms with Crippen LogP contribution in [0.1, 0.15) is 69.0 Å². The molecule has 1 aromatic carbocycles. The van der Waals surface area contributed by atoms with Gasteiger partial charge in [-0.2, -0.15) is 0 Å². The molecule has 1 N–H and O–H groups in total. The minimum Gasteiger partial charge on any atom is -0.309 e. The van der Waals surface area contributed by atoms with Crippen molar-refractivity contribution in [1.29, 1.82) is 0 Å². The van der Waals surface area contributed by atoms with Crippen molar-refractivity contribution in [2.75, 3.05) is 6.54 Å². The molecule has 0 aliphatic heterocycles. The Labute approximate surface area is 117 Å². The van der Waals surface area contributed by atoms with Gasteiger partial charge < -0.3 is 5.32 Å². The van der Waals surface area contributed by atoms with Gasteiger partial charge in [0.05, 0.1) is 0 Å². The summed E-state index contributed by atoms with van der Waals surface area (Å²) >= 11 is 0. The summed E-state index contributed by atoms with van der Waals surface area (Å²) in [4.78, 5) is 0. The van der Waals surface area contributed by atoms with E-state index in [1.165, 1.54) is 57.9 Å². The summed E-state index contributed by atoms with van der Waals surface area (Å²) in [5.74, 6) is 0. The monoisotopic (exact) mass is 257 g/mol. The molecule has 104 valence electrons. The molecule has 1 atom stereocenters. The van der Waals surface area contributed by atoms with Gasteiger partial charge in [0.15, 0.2) is 0 Å². The van der Waals surface area contributed by atoms with Crippen molar-refractivity contribution < 1.29 is 0 Å². The summed E-state index contributed by atoms with van der Waals surface area (Å²) in [6.45, 7) is 3.60. The molecule has 0 aromatic heterocycles. The molecule has 1 nitrogen and oxygen atoms in total. The smallest absolute Gasteiger partial charge is 0.0323 e. The van der Waals surface area contributed by atoms with Crippen LogP contribution in [0.5, 0.6) is 0 Å². The quantitative estimate of drug-likeness (QED) is 0.829. The highest BCUT2D eigenvalue weighted by atomic mass is 14.9. The lowest BCUT2D eigenvalue weighted by atomic mass is 9.82. The molecule has 3 rings (SSSR count). The number of fused-ring (bicyclic) bond motifs is 1. The maximum atomic E-state index is 3.91. The van der Waals surface area contributed by atoms with Gasteiger partial charge in [0, 0.05) is 12.6 Å². The van der Waals surface area contributed by atoms with Crippen molar-refractivity contribution >= 4 is 0 Å². The molecule has 0 saturated heterocycles. The van der Waals surface area contributed by atoms with Crippen molar-refractivity contribution in [3.05, 3.63) is 35.4 Å². The molecule has 1 saturated carbocycles. The molecule has 1 fully saturated rings. The number of hydrogen-bond acceptors (Lipinski definition) is 1. The zero-order valence-corrected chi connectivity index (χ0v) is 12.3. The van der Waals surface area contributed by atoms with Gasteiger partial charge in [0.2, 0.25) is 0 Å². The topological polar surface area (TPSA) is 12.0 Å². The molecule has 1 aromatic rings. The van der Waals surface area contributed by atoms with Crippen LogP contribution in [-0.2, 0) is 6.42 Å². The first kappa shape index (κ1) is 13.2. The van der Waals surface area contributed by atoms with Gasteiger partial charge in [-0.15, -0.1) is 0 Å². The Hall–Kier alpha value is -0.820. The largest absolute Gasteiger partial charge is 0.309 e. The van der Waals surface area contributed by atoms with Crippen molar-refractivity contribution in [2.45, 2.75) is 64.3 Å². The molecule has 19 heavy (non-hydrogen) atoms. The standard InChI is InChI=1S/C18H27N/c1-2-18(12-5-6-13-18)14-19-17-11-7-9-15-8-3-4-10-16(15)17/h3-4,8,10,17,19H,2,5-7,9,11-14H2,1H3. The van der Waals surface area contributed by atoms with Crippen molar-refractivity contribution in [1.82, 2.24) is 5.32 Å². The van der Waals surface area contributed by atoms with E-state index in [2.05, 4.69) is 36.5 Å². The lowest BCUT2D eigenvalue weighted by Gasteiger charge is -2.33. The molecule has 0 bridgehead atoms. The number of aryl methyl sites for hydroxylation is 1. The molecule has 0 heterocycles. The SMILES string of the molecule is CCC1(CNC2CCCc3ccccc32)CCCC1. The number of hydrogen-bond donors (Lipinski definition) is 1. The second-order valence-corrected chi connectivity index (χ2v) is 6.59. The van der Waals surface area contributed by atoms with E-state index >= 15 is 0 Å². The van der Waals surface area contributed by atoms with Crippen LogP contribution in [0.25, 0.3) is 0 Å². The van der Waals surface area contributed by atoms with Crippen LogP contribution >= 0.6 is 0 Å². The second kappa shape index (κ2) is 5.66. The molecular weight excluding hydrogens is 230 g/mol. The molecular formula is C18H27N. The Balaban J connectivity index is 1.68. The van der Waals surface area contributed by atoms with Gasteiger partial charge in [-0.3, -0.25) is 0 Å². The highest BCUT2D eigenvalue weighted by molar-refractivity contribution is 5.32. The fraction of sp³-hybridized carbons (Fsp3) is 0.667. The highest BCUT2D eigenvalue weighted by Gasteiger charge is 2.32. The first-order valence-corrected chi connectivity index (χ1v) is 8.14. The average molecular weight is 257 g/mol. The second-order valence-electron chi connectivity index (χ2n) is 6.59. The summed E-state index contributed by atoms with van der Waals surface area (Å²) < 4.78 is 0. The third-order valence-corrected chi connectivity index (χ3v) is 5.51. The normalized spacial score (nSPS) is 25.2. The predicted molar refractivity (Wildman–Crippen MR) is 81.3 cm³/mol. The number of rotatable bonds is 4. The van der Waals surface area contributed by atoms with Gasteiger partial charge in [-0.25, -0.2) is 0 Å². The van der Waals surface area contributed by atoms with Crippen LogP contribution in [0.2, 0.25) is 0 Å². The van der Waals surface area contributed by atoms with Crippen LogP contribution in [0.15, 0.2) is 24.3 Å². The molecule has 1 heteroatoms. The Bertz CT molecular complexity index is 417. The van der Waals surface area contributed by atoms with Gasteiger partial charge in [-0.1, -0.05) is 44.0 Å². The minimum absolute atomic E-state index is 0.604. The van der Waals surface area contributed by atoms with E-state index in [-0.39, 0.29) is 0 Å². The molecule has 0 spiro atoms. The Morgan fingerprint density at radius 2 is 1.95 bits per heavy atom. The molecule has 0 radical (unpaired) electrons. The van der Waals surface area contributed by atoms with E-state index in [4.69, 9.17) is 0 Å². The van der Waals surface area contributed by atoms with E-state index < -0.39 is 0 Å². The van der Waals surface area contributed by atoms with Crippen LogP contribution in [0.3, 0.4) is 0 Å². The average Bonchev–Trinajstić information content (AvgIpc) is 2.94. The third kappa shape index (κ3) is 2.72. The van der Waals surface area contributed by atoms with E-state index in [9.17, 15) is 0 Å². The van der Waals surface area contributed by atoms with Gasteiger partial charge in [-0.05, 0) is 55.1 Å². The summed E-state index contributed by atoms with van der Waals surface area (Å²) in [6, 6.07) is 9.64. The van der Waals surface area contributed by atoms with Crippen molar-refractivity contribution in [3.8, 4) is 0 Å². The van der Waals surface area contributed by atoms with E-state index in [1.807, 2.05) is 0 Å². The first-order valence-electron chi connectivity index (χ1n) is 8.14. The van der Waals surface area contributed by atoms with E-state index in [1.54, 1.807) is 11.1 Å². The fourth-order valence-electron chi connectivity index (χ4n) is 4.09. The van der Waals surface area contributed by atoms with Crippen LogP contribution in [0.4, 0.5) is 0 Å². The van der Waals surface area contributed by atoms with Crippen LogP contribution in [-0.4, -0.2) is 6.54 Å². The zero-order valence-electron chi connectivity index (χ0n) is 12.3. The van der Waals surface area contributed by atoms with E-state index in [0.29, 0.717) is 11.5 Å². The number of benzene rings is 1. The lowest BCUT2D eigenvalue weighted by Crippen LogP contribution is -2.35. The summed E-state index contributed by atoms with van der Waals surface area (Å²) in [5, 5.41) is 3.91. The fourth-order valence-corrected chi connectivity index (χ4v) is 4.09. The van der Waals surface area contributed by atoms with Gasteiger partial charge >= 0.3 is 0 Å². The molecule has 2 aliphatic carbocycles. The maximum Gasteiger partial charge on any atom is 0.0323 e. The summed E-state index contributed by atoms with van der Waals surface area (Å²) in [5.41, 5.74) is 3.74. The first-order chi connectivity index (χ1) is 9.33.